The molecule has 1 amide bonds. The molecule has 3 N–H and O–H groups in total. The molecule has 6 heteroatoms. The minimum absolute atomic E-state index is 0.268. The van der Waals surface area contributed by atoms with Crippen molar-refractivity contribution in [1.82, 2.24) is 5.32 Å². The first kappa shape index (κ1) is 16.4. The van der Waals surface area contributed by atoms with Gasteiger partial charge < -0.3 is 20.3 Å². The zero-order valence-corrected chi connectivity index (χ0v) is 12.8. The lowest BCUT2D eigenvalue weighted by molar-refractivity contribution is -0.0135. The molecule has 2 aromatic carbocycles. The van der Waals surface area contributed by atoms with Crippen molar-refractivity contribution in [3.8, 4) is 5.75 Å². The standard InChI is InChI=1S/C18H18FNO4/c19-12-8-6-11(7-9-12)18(23)20-14-10-15(17(22)16(14)21)24-13-4-2-1-3-5-13/h1-9,14-17,21-22H,10H2,(H,20,23)/t14-,15-,16+,17+/m1/s1. The second-order valence-electron chi connectivity index (χ2n) is 5.77. The number of carbonyl (C=O) groups excluding carboxylic acids is 1. The van der Waals surface area contributed by atoms with Crippen molar-refractivity contribution in [2.24, 2.45) is 0 Å². The normalized spacial score (nSPS) is 26.1. The highest BCUT2D eigenvalue weighted by Gasteiger charge is 2.43. The fraction of sp³-hybridized carbons (Fsp3) is 0.278. The number of halogens is 1. The summed E-state index contributed by atoms with van der Waals surface area (Å²) in [7, 11) is 0. The maximum atomic E-state index is 12.9. The summed E-state index contributed by atoms with van der Waals surface area (Å²) in [4.78, 5) is 12.2. The van der Waals surface area contributed by atoms with Crippen molar-refractivity contribution >= 4 is 5.91 Å². The molecule has 5 nitrogen and oxygen atoms in total. The molecule has 3 rings (SSSR count). The summed E-state index contributed by atoms with van der Waals surface area (Å²) >= 11 is 0. The van der Waals surface area contributed by atoms with Gasteiger partial charge in [0.05, 0.1) is 6.04 Å². The Hall–Kier alpha value is -2.44. The number of aliphatic hydroxyl groups excluding tert-OH is 2. The van der Waals surface area contributed by atoms with Gasteiger partial charge in [-0.1, -0.05) is 18.2 Å². The molecular weight excluding hydrogens is 313 g/mol. The lowest BCUT2D eigenvalue weighted by Gasteiger charge is -2.18. The average Bonchev–Trinajstić information content (AvgIpc) is 2.84. The molecule has 24 heavy (non-hydrogen) atoms. The van der Waals surface area contributed by atoms with Crippen molar-refractivity contribution in [2.45, 2.75) is 30.8 Å². The molecule has 0 aromatic heterocycles. The Morgan fingerprint density at radius 2 is 1.71 bits per heavy atom. The predicted octanol–water partition coefficient (Wildman–Crippen LogP) is 1.50. The average molecular weight is 331 g/mol. The number of rotatable bonds is 4. The number of nitrogens with one attached hydrogen (secondary N) is 1. The van der Waals surface area contributed by atoms with Crippen LogP contribution in [0.15, 0.2) is 54.6 Å². The number of carbonyl (C=O) groups is 1. The summed E-state index contributed by atoms with van der Waals surface area (Å²) in [5.74, 6) is -0.287. The Labute approximate surface area is 138 Å². The Kier molecular flexibility index (Phi) is 4.78. The van der Waals surface area contributed by atoms with E-state index in [2.05, 4.69) is 5.32 Å². The van der Waals surface area contributed by atoms with E-state index in [-0.39, 0.29) is 12.0 Å². The van der Waals surface area contributed by atoms with E-state index in [0.717, 1.165) is 0 Å². The first-order valence-electron chi connectivity index (χ1n) is 7.69. The lowest BCUT2D eigenvalue weighted by atomic mass is 10.1. The number of hydrogen-bond donors (Lipinski definition) is 3. The van der Waals surface area contributed by atoms with Gasteiger partial charge in [0, 0.05) is 12.0 Å². The van der Waals surface area contributed by atoms with Crippen LogP contribution in [0.5, 0.6) is 5.75 Å². The maximum Gasteiger partial charge on any atom is 0.251 e. The largest absolute Gasteiger partial charge is 0.488 e. The molecule has 0 bridgehead atoms. The van der Waals surface area contributed by atoms with Crippen LogP contribution in [0.1, 0.15) is 16.8 Å². The second kappa shape index (κ2) is 6.98. The zero-order valence-electron chi connectivity index (χ0n) is 12.8. The third-order valence-corrected chi connectivity index (χ3v) is 4.08. The minimum Gasteiger partial charge on any atom is -0.488 e. The molecule has 0 unspecified atom stereocenters. The number of aliphatic hydroxyl groups is 2. The summed E-state index contributed by atoms with van der Waals surface area (Å²) in [5, 5.41) is 22.9. The first-order valence-corrected chi connectivity index (χ1v) is 7.69. The highest BCUT2D eigenvalue weighted by Crippen LogP contribution is 2.26. The van der Waals surface area contributed by atoms with Crippen LogP contribution in [-0.2, 0) is 0 Å². The minimum atomic E-state index is -1.14. The number of ether oxygens (including phenoxy) is 1. The van der Waals surface area contributed by atoms with Crippen LogP contribution in [-0.4, -0.2) is 40.5 Å². The van der Waals surface area contributed by atoms with E-state index in [1.807, 2.05) is 6.07 Å². The van der Waals surface area contributed by atoms with Gasteiger partial charge in [-0.2, -0.15) is 0 Å². The Morgan fingerprint density at radius 3 is 2.38 bits per heavy atom. The van der Waals surface area contributed by atoms with Crippen LogP contribution in [0.25, 0.3) is 0 Å². The molecule has 0 heterocycles. The monoisotopic (exact) mass is 331 g/mol. The SMILES string of the molecule is O=C(N[C@@H]1C[C@@H](Oc2ccccc2)[C@H](O)[C@H]1O)c1ccc(F)cc1. The maximum absolute atomic E-state index is 12.9. The Morgan fingerprint density at radius 1 is 1.04 bits per heavy atom. The third-order valence-electron chi connectivity index (χ3n) is 4.08. The predicted molar refractivity (Wildman–Crippen MR) is 85.1 cm³/mol. The van der Waals surface area contributed by atoms with Gasteiger partial charge in [-0.25, -0.2) is 4.39 Å². The summed E-state index contributed by atoms with van der Waals surface area (Å²) in [5.41, 5.74) is 0.283. The van der Waals surface area contributed by atoms with Crippen molar-refractivity contribution in [1.29, 1.82) is 0 Å². The van der Waals surface area contributed by atoms with Gasteiger partial charge in [-0.05, 0) is 36.4 Å². The number of amides is 1. The molecule has 0 aliphatic heterocycles. The highest BCUT2D eigenvalue weighted by molar-refractivity contribution is 5.94. The molecule has 1 aliphatic carbocycles. The molecule has 0 saturated heterocycles. The van der Waals surface area contributed by atoms with E-state index >= 15 is 0 Å². The van der Waals surface area contributed by atoms with Gasteiger partial charge >= 0.3 is 0 Å². The molecule has 2 aromatic rings. The first-order chi connectivity index (χ1) is 11.5. The van der Waals surface area contributed by atoms with Gasteiger partial charge in [-0.15, -0.1) is 0 Å². The molecule has 0 radical (unpaired) electrons. The van der Waals surface area contributed by atoms with Crippen molar-refractivity contribution in [3.05, 3.63) is 66.0 Å². The van der Waals surface area contributed by atoms with Crippen LogP contribution in [0.2, 0.25) is 0 Å². The van der Waals surface area contributed by atoms with E-state index in [9.17, 15) is 19.4 Å². The lowest BCUT2D eigenvalue weighted by Crippen LogP contribution is -2.43. The summed E-state index contributed by atoms with van der Waals surface area (Å²) in [6.07, 6.45) is -2.60. The van der Waals surface area contributed by atoms with Crippen LogP contribution in [0.3, 0.4) is 0 Å². The quantitative estimate of drug-likeness (QED) is 0.793. The molecule has 1 fully saturated rings. The summed E-state index contributed by atoms with van der Waals surface area (Å²) in [6, 6.07) is 13.4. The van der Waals surface area contributed by atoms with Crippen molar-refractivity contribution in [3.63, 3.8) is 0 Å². The molecule has 1 aliphatic rings. The number of hydrogen-bond acceptors (Lipinski definition) is 4. The zero-order chi connectivity index (χ0) is 17.1. The number of benzene rings is 2. The van der Waals surface area contributed by atoms with Crippen LogP contribution < -0.4 is 10.1 Å². The summed E-state index contributed by atoms with van der Waals surface area (Å²) in [6.45, 7) is 0. The van der Waals surface area contributed by atoms with E-state index in [1.54, 1.807) is 24.3 Å². The van der Waals surface area contributed by atoms with Crippen LogP contribution in [0, 0.1) is 5.82 Å². The van der Waals surface area contributed by atoms with Crippen LogP contribution >= 0.6 is 0 Å². The Balaban J connectivity index is 1.64. The van der Waals surface area contributed by atoms with Gasteiger partial charge in [0.25, 0.3) is 5.91 Å². The third kappa shape index (κ3) is 3.55. The van der Waals surface area contributed by atoms with Gasteiger partial charge in [0.15, 0.2) is 0 Å². The fourth-order valence-corrected chi connectivity index (χ4v) is 2.78. The van der Waals surface area contributed by atoms with E-state index in [0.29, 0.717) is 5.75 Å². The Bertz CT molecular complexity index is 692. The smallest absolute Gasteiger partial charge is 0.251 e. The molecule has 0 spiro atoms. The van der Waals surface area contributed by atoms with Gasteiger partial charge in [0.1, 0.15) is 29.9 Å². The second-order valence-corrected chi connectivity index (χ2v) is 5.77. The highest BCUT2D eigenvalue weighted by atomic mass is 19.1. The molecular formula is C18H18FNO4. The van der Waals surface area contributed by atoms with Gasteiger partial charge in [-0.3, -0.25) is 4.79 Å². The van der Waals surface area contributed by atoms with Gasteiger partial charge in [0.2, 0.25) is 0 Å². The topological polar surface area (TPSA) is 78.8 Å². The van der Waals surface area contributed by atoms with Crippen molar-refractivity contribution < 1.29 is 24.1 Å². The van der Waals surface area contributed by atoms with E-state index in [4.69, 9.17) is 4.74 Å². The number of para-hydroxylation sites is 1. The summed E-state index contributed by atoms with van der Waals surface area (Å²) < 4.78 is 18.6. The van der Waals surface area contributed by atoms with Crippen LogP contribution in [0.4, 0.5) is 4.39 Å². The molecule has 4 atom stereocenters. The van der Waals surface area contributed by atoms with E-state index < -0.39 is 36.1 Å². The van der Waals surface area contributed by atoms with E-state index in [1.165, 1.54) is 24.3 Å². The molecule has 126 valence electrons. The molecule has 1 saturated carbocycles. The fourth-order valence-electron chi connectivity index (χ4n) is 2.78. The van der Waals surface area contributed by atoms with Crippen molar-refractivity contribution in [2.75, 3.05) is 0 Å².